The van der Waals surface area contributed by atoms with Crippen LogP contribution in [0.4, 0.5) is 0 Å². The lowest BCUT2D eigenvalue weighted by Gasteiger charge is -1.97. The normalized spacial score (nSPS) is 11.8. The predicted octanol–water partition coefficient (Wildman–Crippen LogP) is 3.96. The summed E-state index contributed by atoms with van der Waals surface area (Å²) in [5.41, 5.74) is 7.63. The van der Waals surface area contributed by atoms with E-state index in [9.17, 15) is 0 Å². The lowest BCUT2D eigenvalue weighted by molar-refractivity contribution is 0.571. The Morgan fingerprint density at radius 1 is 1.24 bits per heavy atom. The molecule has 1 aromatic heterocycles. The van der Waals surface area contributed by atoms with E-state index >= 15 is 0 Å². The molecule has 2 rings (SSSR count). The van der Waals surface area contributed by atoms with E-state index in [-0.39, 0.29) is 0 Å². The van der Waals surface area contributed by atoms with Crippen LogP contribution in [-0.4, -0.2) is 6.54 Å². The van der Waals surface area contributed by atoms with Crippen LogP contribution >= 0.6 is 11.6 Å². The molecule has 0 aliphatic carbocycles. The Balaban J connectivity index is 2.27. The fraction of sp³-hybridized carbons (Fsp3) is 0.143. The van der Waals surface area contributed by atoms with Gasteiger partial charge in [-0.1, -0.05) is 17.2 Å². The molecule has 2 N–H and O–H groups in total. The van der Waals surface area contributed by atoms with Gasteiger partial charge in [0.1, 0.15) is 11.5 Å². The molecule has 17 heavy (non-hydrogen) atoms. The molecule has 0 spiro atoms. The quantitative estimate of drug-likeness (QED) is 0.892. The number of nitrogens with two attached hydrogens (primary N) is 1. The molecule has 0 atom stereocenters. The Bertz CT molecular complexity index is 525. The molecule has 0 aliphatic rings. The smallest absolute Gasteiger partial charge is 0.134 e. The number of furan rings is 1. The first kappa shape index (κ1) is 12.0. The van der Waals surface area contributed by atoms with Crippen molar-refractivity contribution in [3.05, 3.63) is 52.8 Å². The standard InChI is InChI=1S/C14H14ClNO/c1-10(9-16)8-13-6-7-14(17-13)11-2-4-12(15)5-3-11/h2-8H,9,16H2,1H3. The molecule has 0 radical (unpaired) electrons. The van der Waals surface area contributed by atoms with E-state index in [0.717, 1.165) is 27.7 Å². The Morgan fingerprint density at radius 2 is 1.94 bits per heavy atom. The number of benzene rings is 1. The van der Waals surface area contributed by atoms with Gasteiger partial charge in [0, 0.05) is 17.1 Å². The van der Waals surface area contributed by atoms with Crippen molar-refractivity contribution in [2.24, 2.45) is 5.73 Å². The van der Waals surface area contributed by atoms with Crippen LogP contribution in [0, 0.1) is 0 Å². The highest BCUT2D eigenvalue weighted by molar-refractivity contribution is 6.30. The molecule has 1 aromatic carbocycles. The summed E-state index contributed by atoms with van der Waals surface area (Å²) in [5.74, 6) is 1.65. The fourth-order valence-electron chi connectivity index (χ4n) is 1.50. The summed E-state index contributed by atoms with van der Waals surface area (Å²) in [4.78, 5) is 0. The summed E-state index contributed by atoms with van der Waals surface area (Å²) in [6.45, 7) is 2.52. The molecule has 88 valence electrons. The van der Waals surface area contributed by atoms with Crippen molar-refractivity contribution in [2.75, 3.05) is 6.54 Å². The average molecular weight is 248 g/mol. The van der Waals surface area contributed by atoms with Gasteiger partial charge in [-0.15, -0.1) is 0 Å². The van der Waals surface area contributed by atoms with Crippen LogP contribution in [0.2, 0.25) is 5.02 Å². The Hall–Kier alpha value is -1.51. The van der Waals surface area contributed by atoms with Crippen LogP contribution in [0.25, 0.3) is 17.4 Å². The maximum atomic E-state index is 5.84. The van der Waals surface area contributed by atoms with Gasteiger partial charge in [0.25, 0.3) is 0 Å². The van der Waals surface area contributed by atoms with Crippen molar-refractivity contribution in [2.45, 2.75) is 6.92 Å². The third kappa shape index (κ3) is 2.99. The second-order valence-electron chi connectivity index (χ2n) is 3.90. The van der Waals surface area contributed by atoms with Crippen molar-refractivity contribution in [3.63, 3.8) is 0 Å². The first-order valence-electron chi connectivity index (χ1n) is 5.42. The van der Waals surface area contributed by atoms with Crippen LogP contribution in [0.3, 0.4) is 0 Å². The molecule has 0 aliphatic heterocycles. The first-order chi connectivity index (χ1) is 8.19. The second-order valence-corrected chi connectivity index (χ2v) is 4.34. The minimum atomic E-state index is 0.539. The van der Waals surface area contributed by atoms with E-state index in [1.807, 2.05) is 49.4 Å². The van der Waals surface area contributed by atoms with Gasteiger partial charge in [-0.05, 0) is 49.4 Å². The van der Waals surface area contributed by atoms with Gasteiger partial charge < -0.3 is 10.2 Å². The summed E-state index contributed by atoms with van der Waals surface area (Å²) in [7, 11) is 0. The Kier molecular flexibility index (Phi) is 3.67. The van der Waals surface area contributed by atoms with Crippen LogP contribution in [-0.2, 0) is 0 Å². The van der Waals surface area contributed by atoms with Gasteiger partial charge in [-0.3, -0.25) is 0 Å². The summed E-state index contributed by atoms with van der Waals surface area (Å²) >= 11 is 5.84. The SMILES string of the molecule is CC(=Cc1ccc(-c2ccc(Cl)cc2)o1)CN. The van der Waals surface area contributed by atoms with E-state index < -0.39 is 0 Å². The van der Waals surface area contributed by atoms with Crippen molar-refractivity contribution in [3.8, 4) is 11.3 Å². The summed E-state index contributed by atoms with van der Waals surface area (Å²) in [5, 5.41) is 0.722. The van der Waals surface area contributed by atoms with Crippen molar-refractivity contribution in [1.29, 1.82) is 0 Å². The molecular formula is C14H14ClNO. The Labute approximate surface area is 106 Å². The zero-order valence-corrected chi connectivity index (χ0v) is 10.4. The molecule has 0 unspecified atom stereocenters. The highest BCUT2D eigenvalue weighted by Crippen LogP contribution is 2.24. The van der Waals surface area contributed by atoms with Crippen molar-refractivity contribution < 1.29 is 4.42 Å². The van der Waals surface area contributed by atoms with Crippen LogP contribution < -0.4 is 5.73 Å². The zero-order valence-electron chi connectivity index (χ0n) is 9.61. The number of hydrogen-bond donors (Lipinski definition) is 1. The number of halogens is 1. The highest BCUT2D eigenvalue weighted by Gasteiger charge is 2.03. The van der Waals surface area contributed by atoms with Gasteiger partial charge in [0.2, 0.25) is 0 Å². The summed E-state index contributed by atoms with van der Waals surface area (Å²) < 4.78 is 5.71. The van der Waals surface area contributed by atoms with E-state index in [1.165, 1.54) is 0 Å². The minimum Gasteiger partial charge on any atom is -0.457 e. The van der Waals surface area contributed by atoms with Gasteiger partial charge in [0.05, 0.1) is 0 Å². The molecule has 0 bridgehead atoms. The largest absolute Gasteiger partial charge is 0.457 e. The van der Waals surface area contributed by atoms with Crippen LogP contribution in [0.5, 0.6) is 0 Å². The lowest BCUT2D eigenvalue weighted by Crippen LogP contribution is -1.98. The third-order valence-electron chi connectivity index (χ3n) is 2.47. The van der Waals surface area contributed by atoms with Gasteiger partial charge in [0.15, 0.2) is 0 Å². The summed E-state index contributed by atoms with van der Waals surface area (Å²) in [6.07, 6.45) is 1.94. The lowest BCUT2D eigenvalue weighted by atomic mass is 10.2. The zero-order chi connectivity index (χ0) is 12.3. The molecule has 1 heterocycles. The van der Waals surface area contributed by atoms with Gasteiger partial charge in [-0.25, -0.2) is 0 Å². The topological polar surface area (TPSA) is 39.2 Å². The monoisotopic (exact) mass is 247 g/mol. The summed E-state index contributed by atoms with van der Waals surface area (Å²) in [6, 6.07) is 11.4. The molecule has 3 heteroatoms. The second kappa shape index (κ2) is 5.21. The predicted molar refractivity (Wildman–Crippen MR) is 71.9 cm³/mol. The maximum absolute atomic E-state index is 5.84. The van der Waals surface area contributed by atoms with Gasteiger partial charge >= 0.3 is 0 Å². The highest BCUT2D eigenvalue weighted by atomic mass is 35.5. The van der Waals surface area contributed by atoms with Crippen LogP contribution in [0.1, 0.15) is 12.7 Å². The Morgan fingerprint density at radius 3 is 2.59 bits per heavy atom. The molecule has 2 nitrogen and oxygen atoms in total. The molecule has 0 amide bonds. The van der Waals surface area contributed by atoms with Crippen molar-refractivity contribution >= 4 is 17.7 Å². The molecule has 2 aromatic rings. The van der Waals surface area contributed by atoms with E-state index in [0.29, 0.717) is 6.54 Å². The molecular weight excluding hydrogens is 234 g/mol. The minimum absolute atomic E-state index is 0.539. The van der Waals surface area contributed by atoms with E-state index in [4.69, 9.17) is 21.8 Å². The van der Waals surface area contributed by atoms with Crippen molar-refractivity contribution in [1.82, 2.24) is 0 Å². The van der Waals surface area contributed by atoms with E-state index in [1.54, 1.807) is 0 Å². The van der Waals surface area contributed by atoms with Crippen LogP contribution in [0.15, 0.2) is 46.4 Å². The maximum Gasteiger partial charge on any atom is 0.134 e. The number of hydrogen-bond acceptors (Lipinski definition) is 2. The van der Waals surface area contributed by atoms with Gasteiger partial charge in [-0.2, -0.15) is 0 Å². The first-order valence-corrected chi connectivity index (χ1v) is 5.80. The fourth-order valence-corrected chi connectivity index (χ4v) is 1.63. The third-order valence-corrected chi connectivity index (χ3v) is 2.72. The molecule has 0 saturated heterocycles. The molecule has 0 fully saturated rings. The molecule has 0 saturated carbocycles. The van der Waals surface area contributed by atoms with E-state index in [2.05, 4.69) is 0 Å². The average Bonchev–Trinajstić information content (AvgIpc) is 2.78. The number of rotatable bonds is 3.